The Kier molecular flexibility index (Phi) is 4.39. The lowest BCUT2D eigenvalue weighted by Gasteiger charge is -2.05. The lowest BCUT2D eigenvalue weighted by atomic mass is 10.1. The van der Waals surface area contributed by atoms with E-state index in [4.69, 9.17) is 6.42 Å². The SMILES string of the molecule is C#Cc1ccc(C[NH2+]Cc2cc(C)cc(C)c2)cc1. The number of benzene rings is 2. The van der Waals surface area contributed by atoms with Crippen molar-refractivity contribution in [1.29, 1.82) is 0 Å². The molecule has 0 aliphatic carbocycles. The van der Waals surface area contributed by atoms with Crippen LogP contribution >= 0.6 is 0 Å². The number of hydrogen-bond donors (Lipinski definition) is 1. The van der Waals surface area contributed by atoms with Crippen LogP contribution in [-0.2, 0) is 13.1 Å². The zero-order valence-electron chi connectivity index (χ0n) is 11.6. The van der Waals surface area contributed by atoms with E-state index in [1.54, 1.807) is 0 Å². The van der Waals surface area contributed by atoms with Gasteiger partial charge in [0.05, 0.1) is 0 Å². The summed E-state index contributed by atoms with van der Waals surface area (Å²) >= 11 is 0. The molecule has 2 rings (SSSR count). The summed E-state index contributed by atoms with van der Waals surface area (Å²) in [5.74, 6) is 2.64. The molecule has 0 aliphatic heterocycles. The molecule has 0 aromatic heterocycles. The summed E-state index contributed by atoms with van der Waals surface area (Å²) in [5, 5.41) is 2.32. The van der Waals surface area contributed by atoms with E-state index in [0.717, 1.165) is 18.7 Å². The molecule has 0 aliphatic rings. The molecule has 0 saturated carbocycles. The molecule has 0 spiro atoms. The molecule has 0 bridgehead atoms. The van der Waals surface area contributed by atoms with Gasteiger partial charge in [0.1, 0.15) is 13.1 Å². The fraction of sp³-hybridized carbons (Fsp3) is 0.222. The summed E-state index contributed by atoms with van der Waals surface area (Å²) in [6.07, 6.45) is 5.35. The second-order valence-electron chi connectivity index (χ2n) is 5.03. The Morgan fingerprint density at radius 2 is 1.47 bits per heavy atom. The maximum atomic E-state index is 5.35. The molecule has 0 unspecified atom stereocenters. The van der Waals surface area contributed by atoms with Gasteiger partial charge < -0.3 is 5.32 Å². The topological polar surface area (TPSA) is 16.6 Å². The average molecular weight is 250 g/mol. The standard InChI is InChI=1S/C18H19N/c1-4-16-5-7-17(8-6-16)12-19-13-18-10-14(2)9-15(3)11-18/h1,5-11,19H,12-13H2,2-3H3/p+1. The molecule has 19 heavy (non-hydrogen) atoms. The van der Waals surface area contributed by atoms with Crippen molar-refractivity contribution in [3.8, 4) is 12.3 Å². The van der Waals surface area contributed by atoms with Crippen molar-refractivity contribution in [2.75, 3.05) is 0 Å². The molecule has 0 amide bonds. The number of nitrogens with two attached hydrogens (primary N) is 1. The largest absolute Gasteiger partial charge is 0.339 e. The molecule has 2 N–H and O–H groups in total. The molecule has 0 heterocycles. The van der Waals surface area contributed by atoms with Gasteiger partial charge in [-0.2, -0.15) is 0 Å². The van der Waals surface area contributed by atoms with Crippen molar-refractivity contribution in [3.05, 3.63) is 70.3 Å². The number of aryl methyl sites for hydroxylation is 2. The van der Waals surface area contributed by atoms with Gasteiger partial charge in [0.2, 0.25) is 0 Å². The molecule has 0 saturated heterocycles. The second kappa shape index (κ2) is 6.22. The van der Waals surface area contributed by atoms with E-state index in [0.29, 0.717) is 0 Å². The van der Waals surface area contributed by atoms with Crippen molar-refractivity contribution in [3.63, 3.8) is 0 Å². The monoisotopic (exact) mass is 250 g/mol. The number of hydrogen-bond acceptors (Lipinski definition) is 0. The molecule has 1 heteroatoms. The second-order valence-corrected chi connectivity index (χ2v) is 5.03. The first-order valence-electron chi connectivity index (χ1n) is 6.62. The predicted molar refractivity (Wildman–Crippen MR) is 79.6 cm³/mol. The Hall–Kier alpha value is -2.04. The molecule has 0 fully saturated rings. The Bertz CT molecular complexity index is 568. The van der Waals surface area contributed by atoms with Crippen LogP contribution in [0.2, 0.25) is 0 Å². The van der Waals surface area contributed by atoms with Crippen LogP contribution in [0.3, 0.4) is 0 Å². The highest BCUT2D eigenvalue weighted by Crippen LogP contribution is 2.07. The number of terminal acetylenes is 1. The van der Waals surface area contributed by atoms with E-state index >= 15 is 0 Å². The van der Waals surface area contributed by atoms with Crippen LogP contribution in [0.25, 0.3) is 0 Å². The lowest BCUT2D eigenvalue weighted by Crippen LogP contribution is -2.80. The van der Waals surface area contributed by atoms with E-state index in [1.165, 1.54) is 22.3 Å². The number of rotatable bonds is 4. The Morgan fingerprint density at radius 1 is 0.895 bits per heavy atom. The zero-order chi connectivity index (χ0) is 13.7. The summed E-state index contributed by atoms with van der Waals surface area (Å²) in [6, 6.07) is 14.9. The van der Waals surface area contributed by atoms with Gasteiger partial charge in [0.25, 0.3) is 0 Å². The van der Waals surface area contributed by atoms with Gasteiger partial charge in [0.15, 0.2) is 0 Å². The molecular weight excluding hydrogens is 230 g/mol. The Labute approximate surface area is 115 Å². The first-order valence-corrected chi connectivity index (χ1v) is 6.62. The van der Waals surface area contributed by atoms with Gasteiger partial charge in [-0.3, -0.25) is 0 Å². The third-order valence-corrected chi connectivity index (χ3v) is 3.16. The van der Waals surface area contributed by atoms with Crippen LogP contribution in [0.15, 0.2) is 42.5 Å². The van der Waals surface area contributed by atoms with Crippen LogP contribution in [0.4, 0.5) is 0 Å². The maximum absolute atomic E-state index is 5.35. The van der Waals surface area contributed by atoms with Gasteiger partial charge in [-0.1, -0.05) is 47.4 Å². The minimum Gasteiger partial charge on any atom is -0.339 e. The van der Waals surface area contributed by atoms with E-state index in [9.17, 15) is 0 Å². The predicted octanol–water partition coefficient (Wildman–Crippen LogP) is 2.55. The Morgan fingerprint density at radius 3 is 2.05 bits per heavy atom. The average Bonchev–Trinajstić information content (AvgIpc) is 2.38. The van der Waals surface area contributed by atoms with Crippen LogP contribution < -0.4 is 5.32 Å². The quantitative estimate of drug-likeness (QED) is 0.803. The van der Waals surface area contributed by atoms with Gasteiger partial charge in [0, 0.05) is 16.7 Å². The van der Waals surface area contributed by atoms with Crippen molar-refractivity contribution >= 4 is 0 Å². The molecule has 96 valence electrons. The lowest BCUT2D eigenvalue weighted by molar-refractivity contribution is -0.686. The van der Waals surface area contributed by atoms with Crippen molar-refractivity contribution in [2.45, 2.75) is 26.9 Å². The van der Waals surface area contributed by atoms with Gasteiger partial charge in [-0.25, -0.2) is 0 Å². The fourth-order valence-electron chi connectivity index (χ4n) is 2.33. The zero-order valence-corrected chi connectivity index (χ0v) is 11.6. The van der Waals surface area contributed by atoms with Crippen molar-refractivity contribution in [1.82, 2.24) is 0 Å². The highest BCUT2D eigenvalue weighted by molar-refractivity contribution is 5.33. The fourth-order valence-corrected chi connectivity index (χ4v) is 2.33. The van der Waals surface area contributed by atoms with Crippen LogP contribution in [0.1, 0.15) is 27.8 Å². The smallest absolute Gasteiger partial charge is 0.102 e. The van der Waals surface area contributed by atoms with E-state index < -0.39 is 0 Å². The van der Waals surface area contributed by atoms with E-state index in [2.05, 4.69) is 55.4 Å². The van der Waals surface area contributed by atoms with Crippen molar-refractivity contribution < 1.29 is 5.32 Å². The van der Waals surface area contributed by atoms with Gasteiger partial charge in [-0.15, -0.1) is 6.42 Å². The van der Waals surface area contributed by atoms with Crippen LogP contribution in [-0.4, -0.2) is 0 Å². The van der Waals surface area contributed by atoms with E-state index in [1.807, 2.05) is 12.1 Å². The number of quaternary nitrogens is 1. The molecule has 2 aromatic rings. The molecule has 0 radical (unpaired) electrons. The first kappa shape index (κ1) is 13.4. The third kappa shape index (κ3) is 3.98. The highest BCUT2D eigenvalue weighted by Gasteiger charge is 1.99. The normalized spacial score (nSPS) is 10.2. The minimum absolute atomic E-state index is 0.943. The summed E-state index contributed by atoms with van der Waals surface area (Å²) in [6.45, 7) is 6.29. The first-order chi connectivity index (χ1) is 9.17. The van der Waals surface area contributed by atoms with Crippen molar-refractivity contribution in [2.24, 2.45) is 0 Å². The molecule has 1 nitrogen and oxygen atoms in total. The van der Waals surface area contributed by atoms with E-state index in [-0.39, 0.29) is 0 Å². The summed E-state index contributed by atoms with van der Waals surface area (Å²) in [4.78, 5) is 0. The Balaban J connectivity index is 1.90. The maximum Gasteiger partial charge on any atom is 0.102 e. The summed E-state index contributed by atoms with van der Waals surface area (Å²) in [7, 11) is 0. The third-order valence-electron chi connectivity index (χ3n) is 3.16. The van der Waals surface area contributed by atoms with Crippen LogP contribution in [0, 0.1) is 26.2 Å². The van der Waals surface area contributed by atoms with Gasteiger partial charge >= 0.3 is 0 Å². The van der Waals surface area contributed by atoms with Gasteiger partial charge in [-0.05, 0) is 26.0 Å². The molecule has 0 atom stereocenters. The highest BCUT2D eigenvalue weighted by atomic mass is 14.8. The molecular formula is C18H20N+. The molecule has 2 aromatic carbocycles. The summed E-state index contributed by atoms with van der Waals surface area (Å²) < 4.78 is 0. The summed E-state index contributed by atoms with van der Waals surface area (Å²) in [5.41, 5.74) is 6.31. The van der Waals surface area contributed by atoms with Crippen LogP contribution in [0.5, 0.6) is 0 Å². The minimum atomic E-state index is 0.943.